The first-order valence-electron chi connectivity index (χ1n) is 15.9. The third-order valence-corrected chi connectivity index (χ3v) is 7.43. The molecule has 0 saturated carbocycles. The Labute approximate surface area is 279 Å². The minimum Gasteiger partial charge on any atom is -0.480 e. The van der Waals surface area contributed by atoms with E-state index < -0.39 is 84.8 Å². The van der Waals surface area contributed by atoms with Gasteiger partial charge in [-0.3, -0.25) is 33.8 Å². The average Bonchev–Trinajstić information content (AvgIpc) is 3.51. The number of nitrogens with one attached hydrogen (secondary N) is 5. The van der Waals surface area contributed by atoms with Crippen molar-refractivity contribution in [1.29, 1.82) is 0 Å². The maximum absolute atomic E-state index is 13.8. The van der Waals surface area contributed by atoms with E-state index in [1.54, 1.807) is 13.8 Å². The summed E-state index contributed by atoms with van der Waals surface area (Å²) in [5.41, 5.74) is 16.1. The fraction of sp³-hybridized carbons (Fsp3) is 0.724. The van der Waals surface area contributed by atoms with Crippen LogP contribution < -0.4 is 43.8 Å². The smallest absolute Gasteiger partial charge is 0.328 e. The Balaban J connectivity index is 3.09. The largest absolute Gasteiger partial charge is 0.480 e. The summed E-state index contributed by atoms with van der Waals surface area (Å²) < 4.78 is 0. The van der Waals surface area contributed by atoms with Crippen LogP contribution in [0.25, 0.3) is 0 Å². The number of aliphatic hydroxyl groups excluding tert-OH is 1. The summed E-state index contributed by atoms with van der Waals surface area (Å²) in [6.45, 7) is 5.75. The van der Waals surface area contributed by atoms with Gasteiger partial charge in [-0.1, -0.05) is 27.7 Å². The highest BCUT2D eigenvalue weighted by atomic mass is 16.4. The highest BCUT2D eigenvalue weighted by Crippen LogP contribution is 2.21. The molecule has 5 atom stereocenters. The van der Waals surface area contributed by atoms with Crippen LogP contribution in [-0.4, -0.2) is 125 Å². The molecule has 0 bridgehead atoms. The Morgan fingerprint density at radius 2 is 1.54 bits per heavy atom. The van der Waals surface area contributed by atoms with E-state index >= 15 is 0 Å². The first kappa shape index (κ1) is 41.5. The summed E-state index contributed by atoms with van der Waals surface area (Å²) >= 11 is 0. The molecule has 1 heterocycles. The molecule has 48 heavy (non-hydrogen) atoms. The predicted octanol–water partition coefficient (Wildman–Crippen LogP) is -4.18. The van der Waals surface area contributed by atoms with E-state index in [1.165, 1.54) is 4.90 Å². The summed E-state index contributed by atoms with van der Waals surface area (Å²) in [6.07, 6.45) is 1.35. The summed E-state index contributed by atoms with van der Waals surface area (Å²) in [4.78, 5) is 94.0. The third kappa shape index (κ3) is 14.1. The van der Waals surface area contributed by atoms with Crippen molar-refractivity contribution in [3.05, 3.63) is 0 Å². The van der Waals surface area contributed by atoms with Crippen LogP contribution >= 0.6 is 0 Å². The van der Waals surface area contributed by atoms with Gasteiger partial charge >= 0.3 is 5.97 Å². The van der Waals surface area contributed by atoms with Gasteiger partial charge in [-0.25, -0.2) is 4.79 Å². The number of hydrogen-bond donors (Lipinski definition) is 10. The molecule has 0 spiro atoms. The fourth-order valence-corrected chi connectivity index (χ4v) is 4.97. The van der Waals surface area contributed by atoms with Crippen LogP contribution in [-0.2, 0) is 33.6 Å². The lowest BCUT2D eigenvalue weighted by atomic mass is 9.99. The van der Waals surface area contributed by atoms with E-state index in [2.05, 4.69) is 31.6 Å². The quantitative estimate of drug-likeness (QED) is 0.0332. The second-order valence-electron chi connectivity index (χ2n) is 12.2. The molecule has 13 N–H and O–H groups in total. The molecule has 1 aliphatic rings. The number of rotatable bonds is 20. The van der Waals surface area contributed by atoms with E-state index in [4.69, 9.17) is 27.4 Å². The zero-order valence-electron chi connectivity index (χ0n) is 28.0. The molecule has 19 heteroatoms. The molecule has 0 aromatic carbocycles. The molecule has 0 radical (unpaired) electrons. The topological polar surface area (TPSA) is 314 Å². The maximum atomic E-state index is 13.8. The molecule has 6 amide bonds. The summed E-state index contributed by atoms with van der Waals surface area (Å²) in [5, 5.41) is 30.5. The molecule has 1 rings (SSSR count). The summed E-state index contributed by atoms with van der Waals surface area (Å²) in [6, 6.07) is -5.68. The Kier molecular flexibility index (Phi) is 17.9. The molecule has 0 aromatic heterocycles. The number of amides is 6. The molecule has 272 valence electrons. The number of guanidine groups is 1. The van der Waals surface area contributed by atoms with Crippen LogP contribution in [0.4, 0.5) is 0 Å². The number of carboxylic acids is 1. The third-order valence-electron chi connectivity index (χ3n) is 7.43. The molecule has 0 aromatic rings. The first-order chi connectivity index (χ1) is 22.5. The van der Waals surface area contributed by atoms with Crippen LogP contribution in [0, 0.1) is 11.8 Å². The van der Waals surface area contributed by atoms with Crippen molar-refractivity contribution < 1.29 is 43.8 Å². The SMILES string of the molecule is CC(C)C[C@H](NC(=O)CN)C(=O)N[C@H](C(=O)N1CCC[C@H]1C(=O)N[C@@H](CCCN=C(N)N)C(=O)NCC(=O)N[C@@H](CO)C(=O)O)C(C)C. The van der Waals surface area contributed by atoms with Gasteiger partial charge in [-0.05, 0) is 43.9 Å². The molecule has 1 saturated heterocycles. The van der Waals surface area contributed by atoms with Crippen molar-refractivity contribution in [1.82, 2.24) is 31.5 Å². The van der Waals surface area contributed by atoms with Crippen molar-refractivity contribution in [2.75, 3.05) is 32.8 Å². The minimum absolute atomic E-state index is 0.0416. The highest BCUT2D eigenvalue weighted by molar-refractivity contribution is 5.96. The molecule has 1 aliphatic heterocycles. The number of hydrogen-bond acceptors (Lipinski definition) is 10. The van der Waals surface area contributed by atoms with E-state index in [0.717, 1.165) is 0 Å². The number of carbonyl (C=O) groups is 7. The van der Waals surface area contributed by atoms with Gasteiger partial charge in [0.2, 0.25) is 35.4 Å². The second kappa shape index (κ2) is 20.7. The number of aliphatic carboxylic acids is 1. The number of carboxylic acid groups (broad SMARTS) is 1. The van der Waals surface area contributed by atoms with Crippen LogP contribution in [0.1, 0.15) is 59.8 Å². The molecular formula is C29H52N10O9. The van der Waals surface area contributed by atoms with Crippen LogP contribution in [0.5, 0.6) is 0 Å². The second-order valence-corrected chi connectivity index (χ2v) is 12.2. The summed E-state index contributed by atoms with van der Waals surface area (Å²) in [7, 11) is 0. The Bertz CT molecular complexity index is 1180. The van der Waals surface area contributed by atoms with Gasteiger partial charge in [0.05, 0.1) is 19.7 Å². The number of nitrogens with zero attached hydrogens (tertiary/aromatic N) is 2. The molecular weight excluding hydrogens is 632 g/mol. The number of aliphatic hydroxyl groups is 1. The summed E-state index contributed by atoms with van der Waals surface area (Å²) in [5.74, 6) is -5.86. The number of carbonyl (C=O) groups excluding carboxylic acids is 6. The van der Waals surface area contributed by atoms with E-state index in [-0.39, 0.29) is 56.7 Å². The molecule has 19 nitrogen and oxygen atoms in total. The van der Waals surface area contributed by atoms with Gasteiger partial charge in [0.1, 0.15) is 30.2 Å². The zero-order valence-corrected chi connectivity index (χ0v) is 28.0. The van der Waals surface area contributed by atoms with Gasteiger partial charge in [0.25, 0.3) is 0 Å². The normalized spacial score (nSPS) is 16.7. The average molecular weight is 685 g/mol. The minimum atomic E-state index is -1.57. The van der Waals surface area contributed by atoms with Crippen LogP contribution in [0.2, 0.25) is 0 Å². The van der Waals surface area contributed by atoms with Gasteiger partial charge < -0.3 is 58.9 Å². The van der Waals surface area contributed by atoms with Gasteiger partial charge in [-0.15, -0.1) is 0 Å². The van der Waals surface area contributed by atoms with Crippen molar-refractivity contribution >= 4 is 47.4 Å². The van der Waals surface area contributed by atoms with Crippen molar-refractivity contribution in [2.24, 2.45) is 34.0 Å². The Morgan fingerprint density at radius 3 is 2.08 bits per heavy atom. The predicted molar refractivity (Wildman–Crippen MR) is 173 cm³/mol. The first-order valence-corrected chi connectivity index (χ1v) is 15.9. The number of likely N-dealkylation sites (tertiary alicyclic amines) is 1. The number of aliphatic imine (C=N–C) groups is 1. The van der Waals surface area contributed by atoms with E-state index in [9.17, 15) is 33.6 Å². The van der Waals surface area contributed by atoms with Crippen LogP contribution in [0.3, 0.4) is 0 Å². The number of nitrogens with two attached hydrogens (primary N) is 3. The van der Waals surface area contributed by atoms with Gasteiger partial charge in [0.15, 0.2) is 5.96 Å². The fourth-order valence-electron chi connectivity index (χ4n) is 4.97. The molecule has 0 unspecified atom stereocenters. The van der Waals surface area contributed by atoms with E-state index in [0.29, 0.717) is 12.8 Å². The van der Waals surface area contributed by atoms with Crippen molar-refractivity contribution in [3.8, 4) is 0 Å². The van der Waals surface area contributed by atoms with Crippen molar-refractivity contribution in [3.63, 3.8) is 0 Å². The standard InChI is InChI=1S/C29H52N10O9/c1-15(2)11-18(35-21(41)12-30)25(44)38-23(16(3)4)27(46)39-10-6-8-20(39)26(45)37-17(7-5-9-33-29(31)32)24(43)34-13-22(42)36-19(14-40)28(47)48/h15-20,23,40H,5-14,30H2,1-4H3,(H,34,43)(H,35,41)(H,36,42)(H,37,45)(H,38,44)(H,47,48)(H4,31,32,33)/t17-,18-,19-,20-,23-/m0/s1. The van der Waals surface area contributed by atoms with Crippen molar-refractivity contribution in [2.45, 2.75) is 90.0 Å². The van der Waals surface area contributed by atoms with Crippen LogP contribution in [0.15, 0.2) is 4.99 Å². The lowest BCUT2D eigenvalue weighted by molar-refractivity contribution is -0.143. The Hall–Kier alpha value is -4.52. The highest BCUT2D eigenvalue weighted by Gasteiger charge is 2.40. The zero-order chi connectivity index (χ0) is 36.6. The van der Waals surface area contributed by atoms with E-state index in [1.807, 2.05) is 13.8 Å². The Morgan fingerprint density at radius 1 is 0.896 bits per heavy atom. The monoisotopic (exact) mass is 684 g/mol. The molecule has 0 aliphatic carbocycles. The van der Waals surface area contributed by atoms with Gasteiger partial charge in [0, 0.05) is 13.1 Å². The van der Waals surface area contributed by atoms with Gasteiger partial charge in [-0.2, -0.15) is 0 Å². The molecule has 1 fully saturated rings. The maximum Gasteiger partial charge on any atom is 0.328 e. The lowest BCUT2D eigenvalue weighted by Gasteiger charge is -2.32. The lowest BCUT2D eigenvalue weighted by Crippen LogP contribution is -2.59.